The second kappa shape index (κ2) is 6.48. The van der Waals surface area contributed by atoms with Gasteiger partial charge in [-0.3, -0.25) is 0 Å². The predicted octanol–water partition coefficient (Wildman–Crippen LogP) is 4.31. The lowest BCUT2D eigenvalue weighted by atomic mass is 9.48. The highest BCUT2D eigenvalue weighted by molar-refractivity contribution is 6.57. The van der Waals surface area contributed by atoms with E-state index in [1.165, 1.54) is 11.0 Å². The first-order valence-electron chi connectivity index (χ1n) is 7.80. The van der Waals surface area contributed by atoms with Gasteiger partial charge in [-0.05, 0) is 17.4 Å². The Bertz CT molecular complexity index is 495. The lowest BCUT2D eigenvalue weighted by Crippen LogP contribution is -2.31. The molecule has 0 aliphatic carbocycles. The van der Waals surface area contributed by atoms with Crippen LogP contribution in [0, 0.1) is 11.3 Å². The molecule has 2 heteroatoms. The number of rotatable bonds is 6. The van der Waals surface area contributed by atoms with Crippen LogP contribution in [-0.4, -0.2) is 7.28 Å². The van der Waals surface area contributed by atoms with Crippen molar-refractivity contribution in [3.05, 3.63) is 29.3 Å². The third-order valence-corrected chi connectivity index (χ3v) is 4.49. The molecule has 0 spiro atoms. The molecule has 20 heavy (non-hydrogen) atoms. The number of nitrogens with zero attached hydrogens (tertiary/aromatic N) is 1. The second-order valence-electron chi connectivity index (χ2n) is 7.28. The van der Waals surface area contributed by atoms with Gasteiger partial charge in [0.25, 0.3) is 0 Å². The quantitative estimate of drug-likeness (QED) is 0.706. The Balaban J connectivity index is 3.27. The maximum absolute atomic E-state index is 9.65. The molecule has 0 aliphatic heterocycles. The molecule has 0 heterocycles. The highest BCUT2D eigenvalue weighted by atomic mass is 14.3. The minimum atomic E-state index is 0.0756. The Hall–Kier alpha value is -1.23. The van der Waals surface area contributed by atoms with Crippen molar-refractivity contribution in [2.75, 3.05) is 0 Å². The summed E-state index contributed by atoms with van der Waals surface area (Å²) >= 11 is 0. The van der Waals surface area contributed by atoms with Crippen molar-refractivity contribution >= 4 is 12.7 Å². The lowest BCUT2D eigenvalue weighted by Gasteiger charge is -2.28. The van der Waals surface area contributed by atoms with Gasteiger partial charge in [-0.1, -0.05) is 83.4 Å². The van der Waals surface area contributed by atoms with E-state index < -0.39 is 0 Å². The van der Waals surface area contributed by atoms with Gasteiger partial charge in [0.05, 0.1) is 6.07 Å². The molecular weight excluding hydrogens is 241 g/mol. The molecule has 0 saturated heterocycles. The summed E-state index contributed by atoms with van der Waals surface area (Å²) < 4.78 is 0. The number of hydrogen-bond acceptors (Lipinski definition) is 1. The van der Waals surface area contributed by atoms with Gasteiger partial charge >= 0.3 is 0 Å². The first-order valence-corrected chi connectivity index (χ1v) is 7.80. The van der Waals surface area contributed by atoms with Gasteiger partial charge in [0, 0.05) is 5.56 Å². The molecule has 0 fully saturated rings. The molecule has 0 unspecified atom stereocenters. The Kier molecular flexibility index (Phi) is 5.46. The molecule has 0 amide bonds. The average molecular weight is 269 g/mol. The average Bonchev–Trinajstić information content (AvgIpc) is 2.38. The zero-order chi connectivity index (χ0) is 15.4. The number of nitriles is 1. The van der Waals surface area contributed by atoms with E-state index >= 15 is 0 Å². The van der Waals surface area contributed by atoms with E-state index in [9.17, 15) is 5.26 Å². The summed E-state index contributed by atoms with van der Waals surface area (Å²) in [6, 6.07) is 8.86. The van der Waals surface area contributed by atoms with Crippen LogP contribution in [0.15, 0.2) is 18.2 Å². The third kappa shape index (κ3) is 3.89. The zero-order valence-corrected chi connectivity index (χ0v) is 14.0. The van der Waals surface area contributed by atoms with Gasteiger partial charge in [-0.2, -0.15) is 5.26 Å². The summed E-state index contributed by atoms with van der Waals surface area (Å²) in [5, 5.41) is 9.90. The van der Waals surface area contributed by atoms with Crippen LogP contribution >= 0.6 is 0 Å². The molecule has 0 atom stereocenters. The van der Waals surface area contributed by atoms with Crippen molar-refractivity contribution in [1.82, 2.24) is 0 Å². The SMILES string of the molecule is CCCC(C)(C)c1cccc(BC(C)(C)CC)c1C#N. The molecule has 0 aromatic heterocycles. The van der Waals surface area contributed by atoms with Gasteiger partial charge < -0.3 is 0 Å². The van der Waals surface area contributed by atoms with Crippen molar-refractivity contribution in [3.63, 3.8) is 0 Å². The molecule has 0 saturated carbocycles. The number of hydrogen-bond donors (Lipinski definition) is 0. The highest BCUT2D eigenvalue weighted by Crippen LogP contribution is 2.32. The largest absolute Gasteiger partial charge is 0.192 e. The maximum atomic E-state index is 9.65. The monoisotopic (exact) mass is 269 g/mol. The molecule has 0 aliphatic rings. The molecule has 108 valence electrons. The molecule has 0 bridgehead atoms. The fourth-order valence-electron chi connectivity index (χ4n) is 2.84. The van der Waals surface area contributed by atoms with E-state index in [4.69, 9.17) is 0 Å². The van der Waals surface area contributed by atoms with E-state index in [2.05, 4.69) is 65.8 Å². The van der Waals surface area contributed by atoms with Crippen LogP contribution in [0.3, 0.4) is 0 Å². The minimum absolute atomic E-state index is 0.0756. The van der Waals surface area contributed by atoms with Gasteiger partial charge in [-0.15, -0.1) is 0 Å². The molecule has 1 aromatic rings. The Morgan fingerprint density at radius 3 is 2.30 bits per heavy atom. The summed E-state index contributed by atoms with van der Waals surface area (Å²) in [6.45, 7) is 13.5. The van der Waals surface area contributed by atoms with Crippen molar-refractivity contribution in [3.8, 4) is 6.07 Å². The van der Waals surface area contributed by atoms with E-state index in [1.54, 1.807) is 0 Å². The van der Waals surface area contributed by atoms with Crippen LogP contribution in [0.4, 0.5) is 0 Å². The van der Waals surface area contributed by atoms with Gasteiger partial charge in [0.15, 0.2) is 7.28 Å². The van der Waals surface area contributed by atoms with E-state index in [0.717, 1.165) is 32.1 Å². The van der Waals surface area contributed by atoms with Crippen LogP contribution in [0.2, 0.25) is 5.31 Å². The highest BCUT2D eigenvalue weighted by Gasteiger charge is 2.26. The molecule has 1 nitrogen and oxygen atoms in total. The van der Waals surface area contributed by atoms with Gasteiger partial charge in [-0.25, -0.2) is 0 Å². The topological polar surface area (TPSA) is 23.8 Å². The summed E-state index contributed by atoms with van der Waals surface area (Å²) in [7, 11) is 0.975. The third-order valence-electron chi connectivity index (χ3n) is 4.49. The maximum Gasteiger partial charge on any atom is 0.165 e. The summed E-state index contributed by atoms with van der Waals surface area (Å²) in [5.74, 6) is 0. The lowest BCUT2D eigenvalue weighted by molar-refractivity contribution is 0.472. The van der Waals surface area contributed by atoms with Crippen molar-refractivity contribution < 1.29 is 0 Å². The molecule has 0 radical (unpaired) electrons. The number of benzene rings is 1. The summed E-state index contributed by atoms with van der Waals surface area (Å²) in [4.78, 5) is 0. The van der Waals surface area contributed by atoms with Crippen molar-refractivity contribution in [2.45, 2.75) is 71.5 Å². The van der Waals surface area contributed by atoms with Crippen LogP contribution in [0.1, 0.15) is 71.9 Å². The molecule has 0 N–H and O–H groups in total. The van der Waals surface area contributed by atoms with Crippen LogP contribution in [-0.2, 0) is 5.41 Å². The van der Waals surface area contributed by atoms with Gasteiger partial charge in [0.2, 0.25) is 0 Å². The predicted molar refractivity (Wildman–Crippen MR) is 90.2 cm³/mol. The van der Waals surface area contributed by atoms with E-state index in [1.807, 2.05) is 0 Å². The van der Waals surface area contributed by atoms with Gasteiger partial charge in [0.1, 0.15) is 0 Å². The fourth-order valence-corrected chi connectivity index (χ4v) is 2.84. The van der Waals surface area contributed by atoms with E-state index in [-0.39, 0.29) is 10.7 Å². The summed E-state index contributed by atoms with van der Waals surface area (Å²) in [5.41, 5.74) is 3.41. The first-order chi connectivity index (χ1) is 9.27. The van der Waals surface area contributed by atoms with Crippen molar-refractivity contribution in [1.29, 1.82) is 5.26 Å². The fraction of sp³-hybridized carbons (Fsp3) is 0.611. The molecule has 1 aromatic carbocycles. The second-order valence-corrected chi connectivity index (χ2v) is 7.28. The van der Waals surface area contributed by atoms with Crippen LogP contribution in [0.5, 0.6) is 0 Å². The summed E-state index contributed by atoms with van der Waals surface area (Å²) in [6.07, 6.45) is 3.38. The normalized spacial score (nSPS) is 12.1. The first kappa shape index (κ1) is 16.8. The van der Waals surface area contributed by atoms with Crippen LogP contribution in [0.25, 0.3) is 0 Å². The van der Waals surface area contributed by atoms with Crippen molar-refractivity contribution in [2.24, 2.45) is 0 Å². The molecular formula is C18H28BN. The smallest absolute Gasteiger partial charge is 0.165 e. The molecule has 1 rings (SSSR count). The Morgan fingerprint density at radius 1 is 1.15 bits per heavy atom. The van der Waals surface area contributed by atoms with E-state index in [0.29, 0.717) is 0 Å². The minimum Gasteiger partial charge on any atom is -0.192 e. The Labute approximate surface area is 125 Å². The standard InChI is InChI=1S/C18H28BN/c1-7-12-17(3,4)15-10-9-11-16(14(15)13-20)19-18(5,6)8-2/h9-11,19H,7-8,12H2,1-6H3. The zero-order valence-electron chi connectivity index (χ0n) is 14.0. The van der Waals surface area contributed by atoms with Crippen LogP contribution < -0.4 is 5.46 Å². The Morgan fingerprint density at radius 2 is 1.80 bits per heavy atom.